The minimum atomic E-state index is -1.13. The molecule has 0 amide bonds. The van der Waals surface area contributed by atoms with Crippen molar-refractivity contribution in [3.63, 3.8) is 0 Å². The number of aliphatic hydroxyl groups is 1. The fourth-order valence-electron chi connectivity index (χ4n) is 1.72. The number of hydrogen-bond acceptors (Lipinski definition) is 2. The summed E-state index contributed by atoms with van der Waals surface area (Å²) in [6.45, 7) is 11.5. The van der Waals surface area contributed by atoms with E-state index in [0.717, 1.165) is 12.8 Å². The maximum atomic E-state index is 10.2. The lowest BCUT2D eigenvalue weighted by Crippen LogP contribution is -2.43. The molecule has 2 nitrogen and oxygen atoms in total. The minimum Gasteiger partial charge on any atom is -0.471 e. The molecule has 1 atom stereocenters. The van der Waals surface area contributed by atoms with Gasteiger partial charge in [0.25, 0.3) is 0 Å². The summed E-state index contributed by atoms with van der Waals surface area (Å²) in [4.78, 5) is 0. The molecule has 0 bridgehead atoms. The van der Waals surface area contributed by atoms with Gasteiger partial charge >= 0.3 is 0 Å². The highest BCUT2D eigenvalue weighted by molar-refractivity contribution is 4.83. The van der Waals surface area contributed by atoms with Gasteiger partial charge in [0.15, 0.2) is 0 Å². The molecule has 96 valence electrons. The van der Waals surface area contributed by atoms with Gasteiger partial charge in [0, 0.05) is 12.3 Å². The Morgan fingerprint density at radius 2 is 1.69 bits per heavy atom. The number of hydrogen-bond donors (Lipinski definition) is 1. The summed E-state index contributed by atoms with van der Waals surface area (Å²) in [5, 5.41) is 10.2. The van der Waals surface area contributed by atoms with E-state index >= 15 is 0 Å². The van der Waals surface area contributed by atoms with Crippen LogP contribution in [0, 0.1) is 5.41 Å². The van der Waals surface area contributed by atoms with Crippen molar-refractivity contribution in [1.82, 2.24) is 0 Å². The monoisotopic (exact) mass is 228 g/mol. The normalized spacial score (nSPS) is 15.6. The van der Waals surface area contributed by atoms with Gasteiger partial charge in [-0.3, -0.25) is 0 Å². The second-order valence-electron chi connectivity index (χ2n) is 5.32. The molecule has 0 spiro atoms. The topological polar surface area (TPSA) is 29.5 Å². The maximum Gasteiger partial charge on any atom is 0.209 e. The molecule has 0 aliphatic heterocycles. The molecule has 0 aromatic rings. The molecule has 16 heavy (non-hydrogen) atoms. The van der Waals surface area contributed by atoms with E-state index in [-0.39, 0.29) is 5.41 Å². The fraction of sp³-hybridized carbons (Fsp3) is 0.857. The molecular weight excluding hydrogens is 200 g/mol. The van der Waals surface area contributed by atoms with Crippen molar-refractivity contribution in [1.29, 1.82) is 0 Å². The SMILES string of the molecule is C=COC(C)(O)C(C)(C)CCCCCCC. The average Bonchev–Trinajstić information content (AvgIpc) is 2.17. The second-order valence-corrected chi connectivity index (χ2v) is 5.32. The van der Waals surface area contributed by atoms with Crippen molar-refractivity contribution in [2.24, 2.45) is 5.41 Å². The third kappa shape index (κ3) is 5.02. The van der Waals surface area contributed by atoms with Gasteiger partial charge in [0.1, 0.15) is 0 Å². The lowest BCUT2D eigenvalue weighted by molar-refractivity contribution is -0.225. The highest BCUT2D eigenvalue weighted by Crippen LogP contribution is 2.37. The third-order valence-electron chi connectivity index (χ3n) is 3.47. The van der Waals surface area contributed by atoms with Gasteiger partial charge in [-0.1, -0.05) is 59.5 Å². The molecule has 1 N–H and O–H groups in total. The second kappa shape index (κ2) is 6.95. The highest BCUT2D eigenvalue weighted by atomic mass is 16.6. The molecule has 0 saturated carbocycles. The summed E-state index contributed by atoms with van der Waals surface area (Å²) >= 11 is 0. The molecule has 0 radical (unpaired) electrons. The van der Waals surface area contributed by atoms with Crippen molar-refractivity contribution in [3.8, 4) is 0 Å². The van der Waals surface area contributed by atoms with E-state index in [1.165, 1.54) is 31.9 Å². The summed E-state index contributed by atoms with van der Waals surface area (Å²) in [5.74, 6) is -1.13. The van der Waals surface area contributed by atoms with Crippen molar-refractivity contribution < 1.29 is 9.84 Å². The summed E-state index contributed by atoms with van der Waals surface area (Å²) in [5.41, 5.74) is -0.243. The van der Waals surface area contributed by atoms with Gasteiger partial charge in [0.05, 0.1) is 6.26 Å². The molecule has 0 aromatic carbocycles. The van der Waals surface area contributed by atoms with Crippen LogP contribution < -0.4 is 0 Å². The van der Waals surface area contributed by atoms with Crippen LogP contribution in [-0.2, 0) is 4.74 Å². The van der Waals surface area contributed by atoms with Crippen LogP contribution in [0.2, 0.25) is 0 Å². The summed E-state index contributed by atoms with van der Waals surface area (Å²) in [6, 6.07) is 0. The van der Waals surface area contributed by atoms with E-state index in [1.807, 2.05) is 13.8 Å². The van der Waals surface area contributed by atoms with Gasteiger partial charge in [-0.25, -0.2) is 0 Å². The van der Waals surface area contributed by atoms with E-state index in [4.69, 9.17) is 4.74 Å². The zero-order chi connectivity index (χ0) is 12.7. The van der Waals surface area contributed by atoms with Gasteiger partial charge in [-0.15, -0.1) is 0 Å². The predicted octanol–water partition coefficient (Wildman–Crippen LogP) is 4.24. The van der Waals surface area contributed by atoms with E-state index in [9.17, 15) is 5.11 Å². The van der Waals surface area contributed by atoms with Crippen LogP contribution in [0.3, 0.4) is 0 Å². The Hall–Kier alpha value is -0.500. The molecule has 0 fully saturated rings. The molecule has 1 unspecified atom stereocenters. The molecule has 0 aromatic heterocycles. The smallest absolute Gasteiger partial charge is 0.209 e. The Kier molecular flexibility index (Phi) is 6.73. The summed E-state index contributed by atoms with van der Waals surface area (Å²) in [6.07, 6.45) is 8.53. The van der Waals surface area contributed by atoms with Gasteiger partial charge < -0.3 is 9.84 Å². The first-order valence-electron chi connectivity index (χ1n) is 6.38. The van der Waals surface area contributed by atoms with Crippen molar-refractivity contribution >= 4 is 0 Å². The quantitative estimate of drug-likeness (QED) is 0.363. The predicted molar refractivity (Wildman–Crippen MR) is 69.1 cm³/mol. The molecule has 0 heterocycles. The highest BCUT2D eigenvalue weighted by Gasteiger charge is 2.40. The first-order chi connectivity index (χ1) is 7.37. The molecular formula is C14H28O2. The zero-order valence-electron chi connectivity index (χ0n) is 11.4. The van der Waals surface area contributed by atoms with Crippen LogP contribution in [0.4, 0.5) is 0 Å². The summed E-state index contributed by atoms with van der Waals surface area (Å²) < 4.78 is 5.19. The minimum absolute atomic E-state index is 0.243. The zero-order valence-corrected chi connectivity index (χ0v) is 11.4. The van der Waals surface area contributed by atoms with Crippen LogP contribution in [0.25, 0.3) is 0 Å². The van der Waals surface area contributed by atoms with Crippen LogP contribution in [-0.4, -0.2) is 10.9 Å². The standard InChI is InChI=1S/C14H28O2/c1-6-8-9-10-11-12-13(3,4)14(5,15)16-7-2/h7,15H,2,6,8-12H2,1,3-5H3. The van der Waals surface area contributed by atoms with Crippen molar-refractivity contribution in [2.45, 2.75) is 72.0 Å². The first kappa shape index (κ1) is 15.5. The van der Waals surface area contributed by atoms with Crippen LogP contribution in [0.1, 0.15) is 66.2 Å². The largest absolute Gasteiger partial charge is 0.471 e. The number of ether oxygens (including phenoxy) is 1. The van der Waals surface area contributed by atoms with Crippen LogP contribution >= 0.6 is 0 Å². The van der Waals surface area contributed by atoms with E-state index in [2.05, 4.69) is 13.5 Å². The fourth-order valence-corrected chi connectivity index (χ4v) is 1.72. The molecule has 0 aliphatic rings. The molecule has 0 saturated heterocycles. The lowest BCUT2D eigenvalue weighted by Gasteiger charge is -2.38. The average molecular weight is 228 g/mol. The number of unbranched alkanes of at least 4 members (excludes halogenated alkanes) is 4. The van der Waals surface area contributed by atoms with Crippen LogP contribution in [0.15, 0.2) is 12.8 Å². The molecule has 0 aliphatic carbocycles. The van der Waals surface area contributed by atoms with Crippen molar-refractivity contribution in [3.05, 3.63) is 12.8 Å². The third-order valence-corrected chi connectivity index (χ3v) is 3.47. The van der Waals surface area contributed by atoms with Gasteiger partial charge in [0.2, 0.25) is 5.79 Å². The van der Waals surface area contributed by atoms with E-state index in [1.54, 1.807) is 6.92 Å². The van der Waals surface area contributed by atoms with Crippen molar-refractivity contribution in [2.75, 3.05) is 0 Å². The Balaban J connectivity index is 3.98. The first-order valence-corrected chi connectivity index (χ1v) is 6.38. The van der Waals surface area contributed by atoms with E-state index in [0.29, 0.717) is 0 Å². The Labute approximate surface area is 101 Å². The molecule has 2 heteroatoms. The Morgan fingerprint density at radius 1 is 1.12 bits per heavy atom. The van der Waals surface area contributed by atoms with E-state index < -0.39 is 5.79 Å². The van der Waals surface area contributed by atoms with Gasteiger partial charge in [-0.05, 0) is 6.42 Å². The number of rotatable bonds is 9. The van der Waals surface area contributed by atoms with Crippen LogP contribution in [0.5, 0.6) is 0 Å². The Morgan fingerprint density at radius 3 is 2.19 bits per heavy atom. The Bertz CT molecular complexity index is 195. The maximum absolute atomic E-state index is 10.2. The lowest BCUT2D eigenvalue weighted by atomic mass is 9.79. The molecule has 0 rings (SSSR count). The summed E-state index contributed by atoms with van der Waals surface area (Å²) in [7, 11) is 0. The van der Waals surface area contributed by atoms with Gasteiger partial charge in [-0.2, -0.15) is 0 Å².